The quantitative estimate of drug-likeness (QED) is 0.719. The van der Waals surface area contributed by atoms with Crippen molar-refractivity contribution in [2.45, 2.75) is 19.5 Å². The zero-order valence-electron chi connectivity index (χ0n) is 14.0. The Bertz CT molecular complexity index is 806. The van der Waals surface area contributed by atoms with Gasteiger partial charge in [0.25, 0.3) is 0 Å². The minimum Gasteiger partial charge on any atom is -0.346 e. The molecular weight excluding hydrogens is 304 g/mol. The highest BCUT2D eigenvalue weighted by Crippen LogP contribution is 2.20. The first-order chi connectivity index (χ1) is 11.6. The number of nitrogens with zero attached hydrogens (tertiary/aromatic N) is 5. The van der Waals surface area contributed by atoms with Crippen LogP contribution in [-0.4, -0.2) is 50.8 Å². The van der Waals surface area contributed by atoms with Crippen LogP contribution in [0.2, 0.25) is 0 Å². The molecule has 0 radical (unpaired) electrons. The molecule has 0 saturated carbocycles. The zero-order valence-corrected chi connectivity index (χ0v) is 14.0. The van der Waals surface area contributed by atoms with Crippen LogP contribution >= 0.6 is 0 Å². The fraction of sp³-hybridized carbons (Fsp3) is 0.353. The lowest BCUT2D eigenvalue weighted by Gasteiger charge is -2.12. The van der Waals surface area contributed by atoms with Crippen LogP contribution in [0.25, 0.3) is 10.9 Å². The number of nitrogens with one attached hydrogen (secondary N) is 1. The number of aromatic nitrogens is 4. The van der Waals surface area contributed by atoms with E-state index in [1.165, 1.54) is 11.7 Å². The van der Waals surface area contributed by atoms with Gasteiger partial charge in [-0.05, 0) is 37.7 Å². The van der Waals surface area contributed by atoms with Gasteiger partial charge in [0.2, 0.25) is 5.91 Å². The molecule has 0 spiro atoms. The van der Waals surface area contributed by atoms with E-state index in [4.69, 9.17) is 0 Å². The summed E-state index contributed by atoms with van der Waals surface area (Å²) in [7, 11) is 4.12. The molecule has 0 atom stereocenters. The van der Waals surface area contributed by atoms with Crippen LogP contribution in [-0.2, 0) is 17.9 Å². The molecule has 0 saturated heterocycles. The van der Waals surface area contributed by atoms with Gasteiger partial charge in [-0.25, -0.2) is 4.98 Å². The highest BCUT2D eigenvalue weighted by atomic mass is 16.1. The van der Waals surface area contributed by atoms with E-state index in [0.717, 1.165) is 24.3 Å². The average molecular weight is 326 g/mol. The minimum atomic E-state index is -0.0313. The molecule has 0 unspecified atom stereocenters. The molecule has 2 aromatic heterocycles. The highest BCUT2D eigenvalue weighted by Gasteiger charge is 2.06. The van der Waals surface area contributed by atoms with Crippen molar-refractivity contribution in [3.8, 4) is 0 Å². The number of likely N-dealkylation sites (N-methyl/N-ethyl adjacent to an activating group) is 1. The zero-order chi connectivity index (χ0) is 16.9. The van der Waals surface area contributed by atoms with Crippen molar-refractivity contribution >= 4 is 22.5 Å². The number of amides is 1. The molecule has 0 bridgehead atoms. The Kier molecular flexibility index (Phi) is 4.90. The number of anilines is 1. The lowest BCUT2D eigenvalue weighted by Crippen LogP contribution is -2.18. The normalized spacial score (nSPS) is 11.3. The lowest BCUT2D eigenvalue weighted by atomic mass is 10.2. The van der Waals surface area contributed by atoms with Crippen molar-refractivity contribution in [1.29, 1.82) is 0 Å². The summed E-state index contributed by atoms with van der Waals surface area (Å²) in [5.41, 5.74) is 1.95. The number of hydrogen-bond acceptors (Lipinski definition) is 4. The van der Waals surface area contributed by atoms with E-state index in [1.807, 2.05) is 18.2 Å². The molecule has 1 amide bonds. The van der Waals surface area contributed by atoms with Crippen molar-refractivity contribution in [2.75, 3.05) is 26.0 Å². The summed E-state index contributed by atoms with van der Waals surface area (Å²) >= 11 is 0. The standard InChI is InChI=1S/C17H22N6O/c1-21(2)9-10-22-7-5-14-3-4-15(11-16(14)22)20-17(24)6-8-23-13-18-12-19-23/h3-5,7,11-13H,6,8-10H2,1-2H3,(H,20,24). The molecule has 1 N–H and O–H groups in total. The van der Waals surface area contributed by atoms with Gasteiger partial charge in [-0.3, -0.25) is 9.48 Å². The van der Waals surface area contributed by atoms with Gasteiger partial charge in [-0.15, -0.1) is 0 Å². The van der Waals surface area contributed by atoms with Gasteiger partial charge in [0, 0.05) is 31.4 Å². The maximum absolute atomic E-state index is 12.1. The van der Waals surface area contributed by atoms with Gasteiger partial charge < -0.3 is 14.8 Å². The second-order valence-electron chi connectivity index (χ2n) is 6.04. The minimum absolute atomic E-state index is 0.0313. The Morgan fingerprint density at radius 2 is 2.12 bits per heavy atom. The third kappa shape index (κ3) is 3.99. The molecule has 7 heteroatoms. The summed E-state index contributed by atoms with van der Waals surface area (Å²) in [4.78, 5) is 18.1. The molecule has 7 nitrogen and oxygen atoms in total. The van der Waals surface area contributed by atoms with Gasteiger partial charge >= 0.3 is 0 Å². The van der Waals surface area contributed by atoms with Gasteiger partial charge in [0.05, 0.1) is 12.1 Å². The molecular formula is C17H22N6O. The van der Waals surface area contributed by atoms with E-state index < -0.39 is 0 Å². The number of fused-ring (bicyclic) bond motifs is 1. The van der Waals surface area contributed by atoms with Crippen LogP contribution in [0.4, 0.5) is 5.69 Å². The Morgan fingerprint density at radius 3 is 2.88 bits per heavy atom. The summed E-state index contributed by atoms with van der Waals surface area (Å²) in [6, 6.07) is 8.10. The molecule has 0 aliphatic carbocycles. The van der Waals surface area contributed by atoms with E-state index in [0.29, 0.717) is 13.0 Å². The number of benzene rings is 1. The number of aryl methyl sites for hydroxylation is 1. The fourth-order valence-corrected chi connectivity index (χ4v) is 2.55. The van der Waals surface area contributed by atoms with E-state index in [1.54, 1.807) is 11.0 Å². The third-order valence-electron chi connectivity index (χ3n) is 3.88. The Hall–Kier alpha value is -2.67. The number of carbonyl (C=O) groups excluding carboxylic acids is 1. The van der Waals surface area contributed by atoms with Crippen LogP contribution in [0.15, 0.2) is 43.1 Å². The molecule has 3 aromatic rings. The van der Waals surface area contributed by atoms with Crippen LogP contribution in [0.3, 0.4) is 0 Å². The molecule has 24 heavy (non-hydrogen) atoms. The largest absolute Gasteiger partial charge is 0.346 e. The number of rotatable bonds is 7. The second-order valence-corrected chi connectivity index (χ2v) is 6.04. The summed E-state index contributed by atoms with van der Waals surface area (Å²) in [6.07, 6.45) is 5.53. The van der Waals surface area contributed by atoms with E-state index in [2.05, 4.69) is 51.2 Å². The van der Waals surface area contributed by atoms with Crippen molar-refractivity contribution in [3.63, 3.8) is 0 Å². The summed E-state index contributed by atoms with van der Waals surface area (Å²) < 4.78 is 3.86. The van der Waals surface area contributed by atoms with Crippen molar-refractivity contribution in [3.05, 3.63) is 43.1 Å². The van der Waals surface area contributed by atoms with Gasteiger partial charge in [0.15, 0.2) is 0 Å². The van der Waals surface area contributed by atoms with E-state index >= 15 is 0 Å². The molecule has 0 fully saturated rings. The predicted molar refractivity (Wildman–Crippen MR) is 93.8 cm³/mol. The Balaban J connectivity index is 1.65. The summed E-state index contributed by atoms with van der Waals surface area (Å²) in [5, 5.41) is 8.12. The SMILES string of the molecule is CN(C)CCn1ccc2ccc(NC(=O)CCn3cncn3)cc21. The van der Waals surface area contributed by atoms with Gasteiger partial charge in [-0.1, -0.05) is 6.07 Å². The number of carbonyl (C=O) groups is 1. The second kappa shape index (κ2) is 7.27. The van der Waals surface area contributed by atoms with Crippen molar-refractivity contribution < 1.29 is 4.79 Å². The summed E-state index contributed by atoms with van der Waals surface area (Å²) in [5.74, 6) is -0.0313. The lowest BCUT2D eigenvalue weighted by molar-refractivity contribution is -0.116. The molecule has 1 aromatic carbocycles. The smallest absolute Gasteiger partial charge is 0.226 e. The van der Waals surface area contributed by atoms with E-state index in [-0.39, 0.29) is 5.91 Å². The Labute approximate surface area is 140 Å². The van der Waals surface area contributed by atoms with Crippen LogP contribution in [0, 0.1) is 0 Å². The van der Waals surface area contributed by atoms with Crippen molar-refractivity contribution in [1.82, 2.24) is 24.2 Å². The molecule has 126 valence electrons. The highest BCUT2D eigenvalue weighted by molar-refractivity contribution is 5.93. The van der Waals surface area contributed by atoms with Crippen LogP contribution in [0.1, 0.15) is 6.42 Å². The maximum atomic E-state index is 12.1. The fourth-order valence-electron chi connectivity index (χ4n) is 2.55. The molecule has 0 aliphatic rings. The first kappa shape index (κ1) is 16.2. The monoisotopic (exact) mass is 326 g/mol. The first-order valence-electron chi connectivity index (χ1n) is 7.98. The topological polar surface area (TPSA) is 68.0 Å². The molecule has 0 aliphatic heterocycles. The van der Waals surface area contributed by atoms with Gasteiger partial charge in [-0.2, -0.15) is 5.10 Å². The first-order valence-corrected chi connectivity index (χ1v) is 7.98. The predicted octanol–water partition coefficient (Wildman–Crippen LogP) is 1.82. The van der Waals surface area contributed by atoms with Crippen LogP contribution in [0.5, 0.6) is 0 Å². The molecule has 3 rings (SSSR count). The summed E-state index contributed by atoms with van der Waals surface area (Å²) in [6.45, 7) is 2.41. The Morgan fingerprint density at radius 1 is 1.25 bits per heavy atom. The third-order valence-corrected chi connectivity index (χ3v) is 3.88. The average Bonchev–Trinajstić information content (AvgIpc) is 3.20. The molecule has 2 heterocycles. The number of hydrogen-bond donors (Lipinski definition) is 1. The van der Waals surface area contributed by atoms with Gasteiger partial charge in [0.1, 0.15) is 12.7 Å². The van der Waals surface area contributed by atoms with E-state index in [9.17, 15) is 4.79 Å². The van der Waals surface area contributed by atoms with Crippen LogP contribution < -0.4 is 5.32 Å². The maximum Gasteiger partial charge on any atom is 0.226 e. The van der Waals surface area contributed by atoms with Crippen molar-refractivity contribution in [2.24, 2.45) is 0 Å².